The third-order valence-corrected chi connectivity index (χ3v) is 7.48. The van der Waals surface area contributed by atoms with Gasteiger partial charge in [0.15, 0.2) is 5.16 Å². The van der Waals surface area contributed by atoms with E-state index in [9.17, 15) is 9.59 Å². The number of carbonyl (C=O) groups is 1. The fourth-order valence-corrected chi connectivity index (χ4v) is 5.91. The van der Waals surface area contributed by atoms with Crippen LogP contribution in [0.15, 0.2) is 40.3 Å². The third-order valence-electron chi connectivity index (χ3n) is 5.63. The molecule has 0 atom stereocenters. The molecule has 1 amide bonds. The predicted molar refractivity (Wildman–Crippen MR) is 121 cm³/mol. The van der Waals surface area contributed by atoms with Gasteiger partial charge in [-0.1, -0.05) is 61.4 Å². The van der Waals surface area contributed by atoms with Crippen LogP contribution in [-0.4, -0.2) is 39.6 Å². The van der Waals surface area contributed by atoms with Crippen LogP contribution in [0.25, 0.3) is 21.3 Å². The molecule has 0 bridgehead atoms. The van der Waals surface area contributed by atoms with Gasteiger partial charge in [-0.2, -0.15) is 0 Å². The number of rotatable bonds is 5. The molecule has 1 fully saturated rings. The lowest BCUT2D eigenvalue weighted by Crippen LogP contribution is -2.39. The van der Waals surface area contributed by atoms with E-state index < -0.39 is 0 Å². The standard InChI is InChI=1S/C22H25N3O2S2/c1-14-18(15-9-5-3-6-10-15)19-20(27)23-22(24-21(19)29-14)28-13-17(26)25(2)16-11-7-4-8-12-16/h3,5-6,9-10,16H,4,7-8,11-13H2,1-2H3,(H,23,24,27). The molecule has 2 aromatic heterocycles. The molecule has 0 unspecified atom stereocenters. The van der Waals surface area contributed by atoms with Crippen molar-refractivity contribution in [1.29, 1.82) is 0 Å². The maximum atomic E-state index is 12.8. The summed E-state index contributed by atoms with van der Waals surface area (Å²) in [6.45, 7) is 2.02. The smallest absolute Gasteiger partial charge is 0.260 e. The van der Waals surface area contributed by atoms with Gasteiger partial charge in [-0.25, -0.2) is 4.98 Å². The lowest BCUT2D eigenvalue weighted by atomic mass is 9.94. The Hall–Kier alpha value is -2.12. The number of aromatic nitrogens is 2. The number of nitrogens with one attached hydrogen (secondary N) is 1. The number of nitrogens with zero attached hydrogens (tertiary/aromatic N) is 2. The summed E-state index contributed by atoms with van der Waals surface area (Å²) in [4.78, 5) is 36.6. The number of amides is 1. The molecule has 0 aliphatic heterocycles. The minimum absolute atomic E-state index is 0.0944. The van der Waals surface area contributed by atoms with Gasteiger partial charge in [-0.15, -0.1) is 11.3 Å². The topological polar surface area (TPSA) is 66.1 Å². The molecule has 29 heavy (non-hydrogen) atoms. The second kappa shape index (κ2) is 8.71. The largest absolute Gasteiger partial charge is 0.342 e. The summed E-state index contributed by atoms with van der Waals surface area (Å²) >= 11 is 2.83. The summed E-state index contributed by atoms with van der Waals surface area (Å²) in [6, 6.07) is 10.3. The average molecular weight is 428 g/mol. The Morgan fingerprint density at radius 1 is 1.24 bits per heavy atom. The van der Waals surface area contributed by atoms with Crippen molar-refractivity contribution >= 4 is 39.2 Å². The first-order chi connectivity index (χ1) is 14.0. The first-order valence-electron chi connectivity index (χ1n) is 10.0. The van der Waals surface area contributed by atoms with Gasteiger partial charge in [0, 0.05) is 23.5 Å². The number of fused-ring (bicyclic) bond motifs is 1. The number of aromatic amines is 1. The Morgan fingerprint density at radius 3 is 2.69 bits per heavy atom. The Morgan fingerprint density at radius 2 is 1.97 bits per heavy atom. The first kappa shape index (κ1) is 20.2. The van der Waals surface area contributed by atoms with E-state index in [1.165, 1.54) is 42.4 Å². The Balaban J connectivity index is 1.54. The second-order valence-corrected chi connectivity index (χ2v) is 9.70. The summed E-state index contributed by atoms with van der Waals surface area (Å²) in [5.74, 6) is 0.383. The highest BCUT2D eigenvalue weighted by Crippen LogP contribution is 2.36. The van der Waals surface area contributed by atoms with Crippen molar-refractivity contribution in [2.75, 3.05) is 12.8 Å². The number of carbonyl (C=O) groups excluding carboxylic acids is 1. The van der Waals surface area contributed by atoms with E-state index in [0.717, 1.165) is 33.7 Å². The molecule has 3 aromatic rings. The van der Waals surface area contributed by atoms with Crippen LogP contribution >= 0.6 is 23.1 Å². The maximum Gasteiger partial charge on any atom is 0.260 e. The highest BCUT2D eigenvalue weighted by Gasteiger charge is 2.22. The van der Waals surface area contributed by atoms with Crippen molar-refractivity contribution in [2.45, 2.75) is 50.2 Å². The molecule has 5 nitrogen and oxygen atoms in total. The zero-order valence-corrected chi connectivity index (χ0v) is 18.4. The molecule has 4 rings (SSSR count). The average Bonchev–Trinajstić information content (AvgIpc) is 3.09. The molecule has 1 aliphatic rings. The van der Waals surface area contributed by atoms with E-state index in [-0.39, 0.29) is 17.2 Å². The lowest BCUT2D eigenvalue weighted by Gasteiger charge is -2.31. The van der Waals surface area contributed by atoms with E-state index in [1.54, 1.807) is 0 Å². The quantitative estimate of drug-likeness (QED) is 0.467. The molecule has 1 saturated carbocycles. The van der Waals surface area contributed by atoms with Crippen LogP contribution < -0.4 is 5.56 Å². The van der Waals surface area contributed by atoms with Crippen molar-refractivity contribution in [2.24, 2.45) is 0 Å². The van der Waals surface area contributed by atoms with Gasteiger partial charge >= 0.3 is 0 Å². The minimum atomic E-state index is -0.145. The molecule has 0 saturated heterocycles. The summed E-state index contributed by atoms with van der Waals surface area (Å²) in [5.41, 5.74) is 1.83. The fraction of sp³-hybridized carbons (Fsp3) is 0.409. The van der Waals surface area contributed by atoms with Crippen molar-refractivity contribution in [3.8, 4) is 11.1 Å². The zero-order chi connectivity index (χ0) is 20.4. The van der Waals surface area contributed by atoms with Crippen LogP contribution in [0.2, 0.25) is 0 Å². The molecule has 0 radical (unpaired) electrons. The molecular formula is C22H25N3O2S2. The van der Waals surface area contributed by atoms with E-state index >= 15 is 0 Å². The Bertz CT molecular complexity index is 1070. The summed E-state index contributed by atoms with van der Waals surface area (Å²) in [7, 11) is 1.90. The Kier molecular flexibility index (Phi) is 6.06. The van der Waals surface area contributed by atoms with E-state index in [0.29, 0.717) is 16.6 Å². The summed E-state index contributed by atoms with van der Waals surface area (Å²) in [5, 5.41) is 1.14. The normalized spacial score (nSPS) is 15.0. The minimum Gasteiger partial charge on any atom is -0.342 e. The molecule has 152 valence electrons. The van der Waals surface area contributed by atoms with E-state index in [1.807, 2.05) is 49.2 Å². The number of thiophene rings is 1. The van der Waals surface area contributed by atoms with Crippen LogP contribution in [0.4, 0.5) is 0 Å². The van der Waals surface area contributed by atoms with Crippen LogP contribution in [0.3, 0.4) is 0 Å². The number of thioether (sulfide) groups is 1. The maximum absolute atomic E-state index is 12.8. The molecule has 1 aromatic carbocycles. The number of hydrogen-bond acceptors (Lipinski definition) is 5. The van der Waals surface area contributed by atoms with Crippen LogP contribution in [0.1, 0.15) is 37.0 Å². The fourth-order valence-electron chi connectivity index (χ4n) is 4.02. The van der Waals surface area contributed by atoms with Gasteiger partial charge in [-0.05, 0) is 25.3 Å². The van der Waals surface area contributed by atoms with Gasteiger partial charge in [0.2, 0.25) is 5.91 Å². The van der Waals surface area contributed by atoms with Gasteiger partial charge in [-0.3, -0.25) is 9.59 Å². The molecule has 0 spiro atoms. The number of hydrogen-bond donors (Lipinski definition) is 1. The number of H-pyrrole nitrogens is 1. The van der Waals surface area contributed by atoms with Crippen molar-refractivity contribution < 1.29 is 4.79 Å². The highest BCUT2D eigenvalue weighted by atomic mass is 32.2. The van der Waals surface area contributed by atoms with Gasteiger partial charge in [0.05, 0.1) is 11.1 Å². The first-order valence-corrected chi connectivity index (χ1v) is 11.8. The molecule has 1 aliphatic carbocycles. The van der Waals surface area contributed by atoms with Gasteiger partial charge in [0.25, 0.3) is 5.56 Å². The van der Waals surface area contributed by atoms with Gasteiger partial charge in [0.1, 0.15) is 4.83 Å². The monoisotopic (exact) mass is 427 g/mol. The van der Waals surface area contributed by atoms with Crippen LogP contribution in [0, 0.1) is 6.92 Å². The molecule has 1 N–H and O–H groups in total. The predicted octanol–water partition coefficient (Wildman–Crippen LogP) is 4.84. The summed E-state index contributed by atoms with van der Waals surface area (Å²) < 4.78 is 0. The van der Waals surface area contributed by atoms with Crippen molar-refractivity contribution in [3.05, 3.63) is 45.6 Å². The molecule has 2 heterocycles. The number of benzene rings is 1. The second-order valence-electron chi connectivity index (χ2n) is 7.54. The van der Waals surface area contributed by atoms with Gasteiger partial charge < -0.3 is 9.88 Å². The lowest BCUT2D eigenvalue weighted by molar-refractivity contribution is -0.129. The summed E-state index contributed by atoms with van der Waals surface area (Å²) in [6.07, 6.45) is 5.84. The SMILES string of the molecule is Cc1sc2nc(SCC(=O)N(C)C3CCCCC3)[nH]c(=O)c2c1-c1ccccc1. The molecular weight excluding hydrogens is 402 g/mol. The third kappa shape index (κ3) is 4.26. The highest BCUT2D eigenvalue weighted by molar-refractivity contribution is 7.99. The van der Waals surface area contributed by atoms with Crippen LogP contribution in [-0.2, 0) is 4.79 Å². The van der Waals surface area contributed by atoms with E-state index in [2.05, 4.69) is 9.97 Å². The zero-order valence-electron chi connectivity index (χ0n) is 16.7. The number of aryl methyl sites for hydroxylation is 1. The van der Waals surface area contributed by atoms with Crippen molar-refractivity contribution in [1.82, 2.24) is 14.9 Å². The van der Waals surface area contributed by atoms with Crippen molar-refractivity contribution in [3.63, 3.8) is 0 Å². The molecule has 7 heteroatoms. The van der Waals surface area contributed by atoms with E-state index in [4.69, 9.17) is 0 Å². The van der Waals surface area contributed by atoms with Crippen LogP contribution in [0.5, 0.6) is 0 Å². The Labute approximate surface area is 178 Å².